The van der Waals surface area contributed by atoms with Crippen LogP contribution in [0.3, 0.4) is 0 Å². The maximum atomic E-state index is 4.68. The molecule has 1 aromatic rings. The van der Waals surface area contributed by atoms with Crippen LogP contribution in [-0.2, 0) is 6.54 Å². The van der Waals surface area contributed by atoms with Gasteiger partial charge < -0.3 is 5.32 Å². The molecule has 1 aromatic heterocycles. The first-order chi connectivity index (χ1) is 7.47. The van der Waals surface area contributed by atoms with E-state index in [2.05, 4.69) is 43.4 Å². The third kappa shape index (κ3) is 3.05. The fraction of sp³-hybridized carbons (Fsp3) is 0.769. The van der Waals surface area contributed by atoms with E-state index in [0.29, 0.717) is 11.5 Å². The molecule has 0 radical (unpaired) electrons. The van der Waals surface area contributed by atoms with E-state index < -0.39 is 0 Å². The van der Waals surface area contributed by atoms with E-state index in [0.717, 1.165) is 12.5 Å². The van der Waals surface area contributed by atoms with Gasteiger partial charge in [0.05, 0.1) is 5.69 Å². The van der Waals surface area contributed by atoms with E-state index >= 15 is 0 Å². The highest BCUT2D eigenvalue weighted by Gasteiger charge is 2.26. The molecular weight excluding hydrogens is 216 g/mol. The Balaban J connectivity index is 1.84. The molecule has 1 heterocycles. The number of nitrogens with zero attached hydrogens (tertiary/aromatic N) is 1. The SMILES string of the molecule is CC(NCc1nc(C2CC2)cs1)C(C)(C)C. The molecule has 16 heavy (non-hydrogen) atoms. The summed E-state index contributed by atoms with van der Waals surface area (Å²) in [6.07, 6.45) is 2.68. The predicted octanol–water partition coefficient (Wildman–Crippen LogP) is 3.54. The van der Waals surface area contributed by atoms with Gasteiger partial charge in [0.15, 0.2) is 0 Å². The van der Waals surface area contributed by atoms with Crippen LogP contribution in [0.5, 0.6) is 0 Å². The second kappa shape index (κ2) is 4.46. The topological polar surface area (TPSA) is 24.9 Å². The molecule has 1 aliphatic rings. The Kier molecular flexibility index (Phi) is 3.36. The summed E-state index contributed by atoms with van der Waals surface area (Å²) in [5, 5.41) is 7.03. The summed E-state index contributed by atoms with van der Waals surface area (Å²) in [4.78, 5) is 4.68. The molecule has 1 atom stereocenters. The van der Waals surface area contributed by atoms with Crippen molar-refractivity contribution in [3.63, 3.8) is 0 Å². The van der Waals surface area contributed by atoms with Gasteiger partial charge >= 0.3 is 0 Å². The van der Waals surface area contributed by atoms with Gasteiger partial charge in [-0.15, -0.1) is 11.3 Å². The molecule has 0 bridgehead atoms. The molecule has 3 heteroatoms. The van der Waals surface area contributed by atoms with Crippen LogP contribution in [-0.4, -0.2) is 11.0 Å². The summed E-state index contributed by atoms with van der Waals surface area (Å²) in [6, 6.07) is 0.515. The van der Waals surface area contributed by atoms with E-state index in [9.17, 15) is 0 Å². The quantitative estimate of drug-likeness (QED) is 0.868. The number of hydrogen-bond acceptors (Lipinski definition) is 3. The molecule has 0 amide bonds. The molecule has 1 fully saturated rings. The maximum Gasteiger partial charge on any atom is 0.107 e. The van der Waals surface area contributed by atoms with Gasteiger partial charge in [-0.25, -0.2) is 4.98 Å². The Hall–Kier alpha value is -0.410. The Morgan fingerprint density at radius 1 is 1.50 bits per heavy atom. The van der Waals surface area contributed by atoms with E-state index in [4.69, 9.17) is 0 Å². The van der Waals surface area contributed by atoms with Gasteiger partial charge in [0.2, 0.25) is 0 Å². The van der Waals surface area contributed by atoms with Crippen LogP contribution in [0.2, 0.25) is 0 Å². The van der Waals surface area contributed by atoms with Crippen LogP contribution in [0.1, 0.15) is 57.2 Å². The second-order valence-electron chi connectivity index (χ2n) is 5.91. The Bertz CT molecular complexity index is 347. The molecule has 0 saturated heterocycles. The lowest BCUT2D eigenvalue weighted by atomic mass is 9.88. The zero-order valence-corrected chi connectivity index (χ0v) is 11.5. The highest BCUT2D eigenvalue weighted by atomic mass is 32.1. The largest absolute Gasteiger partial charge is 0.307 e. The van der Waals surface area contributed by atoms with Crippen molar-refractivity contribution < 1.29 is 0 Å². The van der Waals surface area contributed by atoms with Gasteiger partial charge in [-0.3, -0.25) is 0 Å². The Morgan fingerprint density at radius 3 is 2.75 bits per heavy atom. The van der Waals surface area contributed by atoms with Crippen LogP contribution in [0, 0.1) is 5.41 Å². The predicted molar refractivity (Wildman–Crippen MR) is 69.8 cm³/mol. The van der Waals surface area contributed by atoms with Crippen molar-refractivity contribution in [2.75, 3.05) is 0 Å². The van der Waals surface area contributed by atoms with Crippen LogP contribution >= 0.6 is 11.3 Å². The van der Waals surface area contributed by atoms with Crippen molar-refractivity contribution in [3.8, 4) is 0 Å². The summed E-state index contributed by atoms with van der Waals surface area (Å²) in [5.74, 6) is 0.782. The van der Waals surface area contributed by atoms with Gasteiger partial charge in [-0.2, -0.15) is 0 Å². The van der Waals surface area contributed by atoms with Gasteiger partial charge in [-0.05, 0) is 25.2 Å². The van der Waals surface area contributed by atoms with E-state index in [1.807, 2.05) is 0 Å². The summed E-state index contributed by atoms with van der Waals surface area (Å²) in [5.41, 5.74) is 1.64. The zero-order chi connectivity index (χ0) is 11.8. The van der Waals surface area contributed by atoms with Gasteiger partial charge in [-0.1, -0.05) is 20.8 Å². The molecule has 2 nitrogen and oxygen atoms in total. The van der Waals surface area contributed by atoms with Crippen LogP contribution in [0.15, 0.2) is 5.38 Å². The molecule has 90 valence electrons. The molecule has 1 unspecified atom stereocenters. The van der Waals surface area contributed by atoms with Crippen molar-refractivity contribution >= 4 is 11.3 Å². The minimum atomic E-state index is 0.316. The van der Waals surface area contributed by atoms with Gasteiger partial charge in [0, 0.05) is 23.9 Å². The van der Waals surface area contributed by atoms with Crippen LogP contribution in [0.4, 0.5) is 0 Å². The summed E-state index contributed by atoms with van der Waals surface area (Å²) < 4.78 is 0. The molecule has 0 aromatic carbocycles. The first kappa shape index (κ1) is 12.1. The monoisotopic (exact) mass is 238 g/mol. The average Bonchev–Trinajstić information content (AvgIpc) is 2.94. The minimum Gasteiger partial charge on any atom is -0.307 e. The van der Waals surface area contributed by atoms with Gasteiger partial charge in [0.1, 0.15) is 5.01 Å². The Morgan fingerprint density at radius 2 is 2.19 bits per heavy atom. The van der Waals surface area contributed by atoms with Crippen LogP contribution in [0.25, 0.3) is 0 Å². The zero-order valence-electron chi connectivity index (χ0n) is 10.7. The van der Waals surface area contributed by atoms with E-state index in [1.165, 1.54) is 23.5 Å². The van der Waals surface area contributed by atoms with E-state index in [-0.39, 0.29) is 0 Å². The average molecular weight is 238 g/mol. The lowest BCUT2D eigenvalue weighted by molar-refractivity contribution is 0.285. The molecule has 0 aliphatic heterocycles. The number of hydrogen-bond donors (Lipinski definition) is 1. The number of thiazole rings is 1. The first-order valence-corrected chi connectivity index (χ1v) is 7.02. The molecular formula is C13H22N2S. The van der Waals surface area contributed by atoms with Crippen molar-refractivity contribution in [1.82, 2.24) is 10.3 Å². The van der Waals surface area contributed by atoms with Gasteiger partial charge in [0.25, 0.3) is 0 Å². The summed E-state index contributed by atoms with van der Waals surface area (Å²) in [6.45, 7) is 9.96. The third-order valence-corrected chi connectivity index (χ3v) is 4.29. The van der Waals surface area contributed by atoms with Crippen LogP contribution < -0.4 is 5.32 Å². The summed E-state index contributed by atoms with van der Waals surface area (Å²) >= 11 is 1.80. The fourth-order valence-electron chi connectivity index (χ4n) is 1.52. The first-order valence-electron chi connectivity index (χ1n) is 6.14. The standard InChI is InChI=1S/C13H22N2S/c1-9(13(2,3)4)14-7-12-15-11(8-16-12)10-5-6-10/h8-10,14H,5-7H2,1-4H3. The number of aromatic nitrogens is 1. The fourth-order valence-corrected chi connectivity index (χ4v) is 2.35. The second-order valence-corrected chi connectivity index (χ2v) is 6.85. The molecule has 1 saturated carbocycles. The third-order valence-electron chi connectivity index (χ3n) is 3.42. The smallest absolute Gasteiger partial charge is 0.107 e. The molecule has 1 aliphatic carbocycles. The molecule has 1 N–H and O–H groups in total. The van der Waals surface area contributed by atoms with E-state index in [1.54, 1.807) is 11.3 Å². The highest BCUT2D eigenvalue weighted by molar-refractivity contribution is 7.09. The number of rotatable bonds is 4. The van der Waals surface area contributed by atoms with Crippen molar-refractivity contribution in [1.29, 1.82) is 0 Å². The normalized spacial score (nSPS) is 18.8. The lowest BCUT2D eigenvalue weighted by Gasteiger charge is -2.27. The maximum absolute atomic E-state index is 4.68. The molecule has 0 spiro atoms. The van der Waals surface area contributed by atoms with Crippen molar-refractivity contribution in [3.05, 3.63) is 16.1 Å². The number of nitrogens with one attached hydrogen (secondary N) is 1. The Labute approximate surface area is 102 Å². The summed E-state index contributed by atoms with van der Waals surface area (Å²) in [7, 11) is 0. The lowest BCUT2D eigenvalue weighted by Crippen LogP contribution is -2.37. The van der Waals surface area contributed by atoms with Crippen molar-refractivity contribution in [2.45, 2.75) is 59.0 Å². The highest BCUT2D eigenvalue weighted by Crippen LogP contribution is 2.40. The van der Waals surface area contributed by atoms with Crippen molar-refractivity contribution in [2.24, 2.45) is 5.41 Å². The molecule has 2 rings (SSSR count). The minimum absolute atomic E-state index is 0.316.